The number of nitrogens with zero attached hydrogens (tertiary/aromatic N) is 1. The van der Waals surface area contributed by atoms with Gasteiger partial charge in [0.2, 0.25) is 0 Å². The molecule has 1 unspecified atom stereocenters. The van der Waals surface area contributed by atoms with E-state index in [9.17, 15) is 14.7 Å². The van der Waals surface area contributed by atoms with Crippen molar-refractivity contribution in [1.82, 2.24) is 10.2 Å². The predicted octanol–water partition coefficient (Wildman–Crippen LogP) is 3.25. The van der Waals surface area contributed by atoms with E-state index in [0.29, 0.717) is 39.0 Å². The number of aliphatic hydroxyl groups is 1. The summed E-state index contributed by atoms with van der Waals surface area (Å²) < 4.78 is 6.35. The number of ether oxygens (including phenoxy) is 1. The van der Waals surface area contributed by atoms with Crippen LogP contribution in [0.25, 0.3) is 10.1 Å². The summed E-state index contributed by atoms with van der Waals surface area (Å²) in [6.07, 6.45) is 3.27. The van der Waals surface area contributed by atoms with Crippen LogP contribution in [0.4, 0.5) is 4.79 Å². The Bertz CT molecular complexity index is 820. The van der Waals surface area contributed by atoms with E-state index in [2.05, 4.69) is 5.32 Å². The number of rotatable bonds is 3. The van der Waals surface area contributed by atoms with Crippen molar-refractivity contribution in [2.24, 2.45) is 0 Å². The molecule has 7 heteroatoms. The molecule has 28 heavy (non-hydrogen) atoms. The minimum Gasteiger partial charge on any atom is -0.389 e. The van der Waals surface area contributed by atoms with Gasteiger partial charge in [-0.2, -0.15) is 0 Å². The first-order valence-electron chi connectivity index (χ1n) is 9.99. The number of hydrogen-bond donors (Lipinski definition) is 2. The van der Waals surface area contributed by atoms with E-state index < -0.39 is 23.6 Å². The molecule has 4 rings (SSSR count). The molecule has 1 aromatic heterocycles. The first kappa shape index (κ1) is 19.4. The van der Waals surface area contributed by atoms with Crippen molar-refractivity contribution in [1.29, 1.82) is 0 Å². The van der Waals surface area contributed by atoms with E-state index in [-0.39, 0.29) is 0 Å². The second-order valence-corrected chi connectivity index (χ2v) is 8.82. The average molecular weight is 403 g/mol. The van der Waals surface area contributed by atoms with Crippen molar-refractivity contribution >= 4 is 33.5 Å². The third-order valence-electron chi connectivity index (χ3n) is 5.78. The lowest BCUT2D eigenvalue weighted by Crippen LogP contribution is -2.48. The van der Waals surface area contributed by atoms with Gasteiger partial charge in [0.15, 0.2) is 0 Å². The van der Waals surface area contributed by atoms with Crippen LogP contribution in [-0.2, 0) is 9.53 Å². The molecule has 1 saturated heterocycles. The van der Waals surface area contributed by atoms with Gasteiger partial charge in [-0.15, -0.1) is 11.3 Å². The summed E-state index contributed by atoms with van der Waals surface area (Å²) >= 11 is 1.49. The van der Waals surface area contributed by atoms with Gasteiger partial charge in [-0.05, 0) is 30.4 Å². The average Bonchev–Trinajstić information content (AvgIpc) is 3.12. The fraction of sp³-hybridized carbons (Fsp3) is 0.524. The number of fused-ring (bicyclic) bond motifs is 1. The standard InChI is InChI=1S/C21H26N2O4S/c24-19(27-20(25)23-12-10-22-11-13-23)18(21(26)8-4-1-5-9-21)17-14-15-6-2-3-7-16(15)28-17/h2-3,6-7,14,18,22,26H,1,4-5,8-13H2. The Balaban J connectivity index is 1.62. The van der Waals surface area contributed by atoms with Crippen LogP contribution in [-0.4, -0.2) is 53.8 Å². The number of hydrogen-bond acceptors (Lipinski definition) is 6. The van der Waals surface area contributed by atoms with Crippen molar-refractivity contribution in [3.8, 4) is 0 Å². The Morgan fingerprint density at radius 1 is 1.14 bits per heavy atom. The molecule has 6 nitrogen and oxygen atoms in total. The van der Waals surface area contributed by atoms with E-state index in [1.807, 2.05) is 30.3 Å². The number of esters is 1. The molecule has 1 amide bonds. The molecule has 0 radical (unpaired) electrons. The molecule has 150 valence electrons. The number of carbonyl (C=O) groups excluding carboxylic acids is 2. The molecule has 2 N–H and O–H groups in total. The fourth-order valence-electron chi connectivity index (χ4n) is 4.25. The zero-order valence-electron chi connectivity index (χ0n) is 15.9. The molecule has 1 aliphatic carbocycles. The molecule has 0 bridgehead atoms. The zero-order valence-corrected chi connectivity index (χ0v) is 16.7. The number of piperazine rings is 1. The monoisotopic (exact) mass is 402 g/mol. The SMILES string of the molecule is O=C(OC(=O)N1CCNCC1)C(c1cc2ccccc2s1)C1(O)CCCCC1. The molecular formula is C21H26N2O4S. The molecule has 1 aliphatic heterocycles. The van der Waals surface area contributed by atoms with Gasteiger partial charge < -0.3 is 20.1 Å². The summed E-state index contributed by atoms with van der Waals surface area (Å²) in [7, 11) is 0. The molecule has 2 fully saturated rings. The van der Waals surface area contributed by atoms with Gasteiger partial charge in [0, 0.05) is 35.8 Å². The molecule has 2 aliphatic rings. The minimum atomic E-state index is -1.17. The highest BCUT2D eigenvalue weighted by Gasteiger charge is 2.46. The summed E-state index contributed by atoms with van der Waals surface area (Å²) in [5.41, 5.74) is -1.17. The van der Waals surface area contributed by atoms with Crippen LogP contribution in [0.5, 0.6) is 0 Å². The van der Waals surface area contributed by atoms with E-state index >= 15 is 0 Å². The Hall–Kier alpha value is -1.96. The lowest BCUT2D eigenvalue weighted by atomic mass is 9.75. The molecule has 1 atom stereocenters. The third kappa shape index (κ3) is 3.92. The second-order valence-electron chi connectivity index (χ2n) is 7.71. The van der Waals surface area contributed by atoms with E-state index in [0.717, 1.165) is 34.2 Å². The lowest BCUT2D eigenvalue weighted by molar-refractivity contribution is -0.149. The number of nitrogens with one attached hydrogen (secondary N) is 1. The van der Waals surface area contributed by atoms with Crippen LogP contribution in [0.2, 0.25) is 0 Å². The van der Waals surface area contributed by atoms with E-state index in [1.54, 1.807) is 4.90 Å². The van der Waals surface area contributed by atoms with Gasteiger partial charge in [0.1, 0.15) is 5.92 Å². The highest BCUT2D eigenvalue weighted by molar-refractivity contribution is 7.19. The molecule has 2 heterocycles. The van der Waals surface area contributed by atoms with Crippen molar-refractivity contribution in [2.45, 2.75) is 43.6 Å². The quantitative estimate of drug-likeness (QED) is 0.609. The van der Waals surface area contributed by atoms with E-state index in [1.165, 1.54) is 11.3 Å². The number of thiophene rings is 1. The lowest BCUT2D eigenvalue weighted by Gasteiger charge is -2.37. The van der Waals surface area contributed by atoms with E-state index in [4.69, 9.17) is 4.74 Å². The van der Waals surface area contributed by atoms with Crippen LogP contribution >= 0.6 is 11.3 Å². The van der Waals surface area contributed by atoms with Gasteiger partial charge in [-0.1, -0.05) is 37.5 Å². The molecule has 1 saturated carbocycles. The second kappa shape index (κ2) is 8.19. The van der Waals surface area contributed by atoms with Gasteiger partial charge in [-0.3, -0.25) is 4.79 Å². The van der Waals surface area contributed by atoms with Crippen molar-refractivity contribution in [3.63, 3.8) is 0 Å². The van der Waals surface area contributed by atoms with Crippen LogP contribution in [0.1, 0.15) is 42.9 Å². The summed E-state index contributed by atoms with van der Waals surface area (Å²) in [5, 5.41) is 15.6. The predicted molar refractivity (Wildman–Crippen MR) is 109 cm³/mol. The summed E-state index contributed by atoms with van der Waals surface area (Å²) in [6.45, 7) is 2.41. The van der Waals surface area contributed by atoms with Crippen molar-refractivity contribution in [3.05, 3.63) is 35.2 Å². The normalized spacial score (nSPS) is 20.7. The largest absolute Gasteiger partial charge is 0.417 e. The van der Waals surface area contributed by atoms with Crippen molar-refractivity contribution in [2.75, 3.05) is 26.2 Å². The van der Waals surface area contributed by atoms with Gasteiger partial charge in [0.25, 0.3) is 0 Å². The van der Waals surface area contributed by atoms with Crippen molar-refractivity contribution < 1.29 is 19.4 Å². The van der Waals surface area contributed by atoms with Crippen LogP contribution in [0.15, 0.2) is 30.3 Å². The zero-order chi connectivity index (χ0) is 19.6. The molecule has 2 aromatic rings. The first-order chi connectivity index (χ1) is 13.6. The Morgan fingerprint density at radius 2 is 1.86 bits per heavy atom. The Kier molecular flexibility index (Phi) is 5.66. The Morgan fingerprint density at radius 3 is 2.57 bits per heavy atom. The maximum Gasteiger partial charge on any atom is 0.417 e. The van der Waals surface area contributed by atoms with Crippen LogP contribution in [0, 0.1) is 0 Å². The number of carbonyl (C=O) groups is 2. The molecule has 0 spiro atoms. The molecule has 1 aromatic carbocycles. The summed E-state index contributed by atoms with van der Waals surface area (Å²) in [4.78, 5) is 27.9. The molecular weight excluding hydrogens is 376 g/mol. The fourth-order valence-corrected chi connectivity index (χ4v) is 5.52. The maximum atomic E-state index is 13.1. The topological polar surface area (TPSA) is 78.9 Å². The highest BCUT2D eigenvalue weighted by atomic mass is 32.1. The van der Waals surface area contributed by atoms with Crippen LogP contribution < -0.4 is 5.32 Å². The number of benzene rings is 1. The summed E-state index contributed by atoms with van der Waals surface area (Å²) in [5.74, 6) is -1.48. The smallest absolute Gasteiger partial charge is 0.389 e. The summed E-state index contributed by atoms with van der Waals surface area (Å²) in [6, 6.07) is 9.86. The van der Waals surface area contributed by atoms with Crippen LogP contribution in [0.3, 0.4) is 0 Å². The maximum absolute atomic E-state index is 13.1. The highest BCUT2D eigenvalue weighted by Crippen LogP contribution is 2.44. The number of amides is 1. The van der Waals surface area contributed by atoms with Gasteiger partial charge in [-0.25, -0.2) is 4.79 Å². The Labute approximate surface area is 168 Å². The third-order valence-corrected chi connectivity index (χ3v) is 6.97. The first-order valence-corrected chi connectivity index (χ1v) is 10.8. The van der Waals surface area contributed by atoms with Gasteiger partial charge in [0.05, 0.1) is 5.60 Å². The van der Waals surface area contributed by atoms with Gasteiger partial charge >= 0.3 is 12.1 Å². The minimum absolute atomic E-state index is 0.518.